The maximum atomic E-state index is 9.53. The van der Waals surface area contributed by atoms with Crippen LogP contribution in [0.15, 0.2) is 48.7 Å². The van der Waals surface area contributed by atoms with Gasteiger partial charge in [-0.25, -0.2) is 4.98 Å². The lowest BCUT2D eigenvalue weighted by Crippen LogP contribution is -2.23. The van der Waals surface area contributed by atoms with Gasteiger partial charge >= 0.3 is 0 Å². The predicted molar refractivity (Wildman–Crippen MR) is 92.8 cm³/mol. The maximum Gasteiger partial charge on any atom is 0.139 e. The first-order valence-corrected chi connectivity index (χ1v) is 8.34. The summed E-state index contributed by atoms with van der Waals surface area (Å²) in [6.45, 7) is 0. The monoisotopic (exact) mass is 307 g/mol. The molecule has 2 heterocycles. The molecule has 4 nitrogen and oxygen atoms in total. The average molecular weight is 307 g/mol. The second kappa shape index (κ2) is 5.95. The Kier molecular flexibility index (Phi) is 3.66. The molecule has 2 N–H and O–H groups in total. The van der Waals surface area contributed by atoms with Crippen LogP contribution in [0.2, 0.25) is 0 Å². The van der Waals surface area contributed by atoms with E-state index in [1.165, 1.54) is 32.1 Å². The van der Waals surface area contributed by atoms with Crippen LogP contribution in [-0.2, 0) is 0 Å². The molecular formula is C19H21N3O. The van der Waals surface area contributed by atoms with Gasteiger partial charge in [-0.15, -0.1) is 0 Å². The van der Waals surface area contributed by atoms with E-state index in [1.807, 2.05) is 30.3 Å². The Morgan fingerprint density at radius 3 is 2.57 bits per heavy atom. The first-order chi connectivity index (χ1) is 11.3. The molecule has 1 saturated carbocycles. The molecule has 1 aliphatic rings. The molecule has 1 fully saturated rings. The van der Waals surface area contributed by atoms with Crippen LogP contribution >= 0.6 is 0 Å². The highest BCUT2D eigenvalue weighted by Gasteiger charge is 2.19. The van der Waals surface area contributed by atoms with Gasteiger partial charge in [0.05, 0.1) is 0 Å². The Balaban J connectivity index is 1.79. The van der Waals surface area contributed by atoms with Crippen molar-refractivity contribution in [3.8, 4) is 17.0 Å². The third kappa shape index (κ3) is 2.77. The minimum atomic E-state index is 0.277. The topological polar surface area (TPSA) is 49.6 Å². The number of hydrogen-bond donors (Lipinski definition) is 2. The van der Waals surface area contributed by atoms with Gasteiger partial charge in [-0.3, -0.25) is 4.40 Å². The summed E-state index contributed by atoms with van der Waals surface area (Å²) >= 11 is 0. The number of benzene rings is 1. The smallest absolute Gasteiger partial charge is 0.139 e. The van der Waals surface area contributed by atoms with Crippen LogP contribution in [0.1, 0.15) is 32.1 Å². The molecular weight excluding hydrogens is 286 g/mol. The van der Waals surface area contributed by atoms with Crippen LogP contribution in [-0.4, -0.2) is 20.5 Å². The number of imidazole rings is 1. The summed E-state index contributed by atoms with van der Waals surface area (Å²) in [7, 11) is 0. The summed E-state index contributed by atoms with van der Waals surface area (Å²) in [5.41, 5.74) is 2.90. The van der Waals surface area contributed by atoms with Crippen molar-refractivity contribution in [3.63, 3.8) is 0 Å². The summed E-state index contributed by atoms with van der Waals surface area (Å²) in [5.74, 6) is 1.33. The minimum Gasteiger partial charge on any atom is -0.508 e. The van der Waals surface area contributed by atoms with Crippen molar-refractivity contribution >= 4 is 11.5 Å². The largest absolute Gasteiger partial charge is 0.508 e. The van der Waals surface area contributed by atoms with E-state index >= 15 is 0 Å². The quantitative estimate of drug-likeness (QED) is 0.751. The van der Waals surface area contributed by atoms with Crippen LogP contribution in [0.3, 0.4) is 0 Å². The van der Waals surface area contributed by atoms with Gasteiger partial charge in [0, 0.05) is 17.8 Å². The zero-order chi connectivity index (χ0) is 15.6. The molecule has 118 valence electrons. The number of aromatic nitrogens is 2. The van der Waals surface area contributed by atoms with Crippen molar-refractivity contribution in [2.45, 2.75) is 38.1 Å². The number of pyridine rings is 1. The van der Waals surface area contributed by atoms with Crippen molar-refractivity contribution in [3.05, 3.63) is 48.7 Å². The van der Waals surface area contributed by atoms with E-state index in [1.54, 1.807) is 12.1 Å². The van der Waals surface area contributed by atoms with E-state index in [0.29, 0.717) is 6.04 Å². The highest BCUT2D eigenvalue weighted by atomic mass is 16.3. The van der Waals surface area contributed by atoms with Gasteiger partial charge < -0.3 is 10.4 Å². The van der Waals surface area contributed by atoms with E-state index in [-0.39, 0.29) is 5.75 Å². The highest BCUT2D eigenvalue weighted by molar-refractivity contribution is 5.77. The zero-order valence-electron chi connectivity index (χ0n) is 13.1. The van der Waals surface area contributed by atoms with Crippen LogP contribution < -0.4 is 5.32 Å². The minimum absolute atomic E-state index is 0.277. The van der Waals surface area contributed by atoms with Gasteiger partial charge in [-0.05, 0) is 49.2 Å². The number of phenolic OH excluding ortho intramolecular Hbond substituents is 1. The summed E-state index contributed by atoms with van der Waals surface area (Å²) in [6, 6.07) is 13.8. The van der Waals surface area contributed by atoms with Gasteiger partial charge in [0.1, 0.15) is 22.9 Å². The molecule has 1 aliphatic carbocycles. The molecule has 0 radical (unpaired) electrons. The Bertz CT molecular complexity index is 801. The van der Waals surface area contributed by atoms with E-state index < -0.39 is 0 Å². The molecule has 3 aromatic rings. The summed E-state index contributed by atoms with van der Waals surface area (Å²) in [4.78, 5) is 4.80. The lowest BCUT2D eigenvalue weighted by molar-refractivity contribution is 0.461. The molecule has 0 aliphatic heterocycles. The number of nitrogens with one attached hydrogen (secondary N) is 1. The van der Waals surface area contributed by atoms with Gasteiger partial charge in [0.25, 0.3) is 0 Å². The number of hydrogen-bond acceptors (Lipinski definition) is 3. The third-order valence-electron chi connectivity index (χ3n) is 4.62. The number of aromatic hydroxyl groups is 1. The molecule has 23 heavy (non-hydrogen) atoms. The maximum absolute atomic E-state index is 9.53. The van der Waals surface area contributed by atoms with Crippen molar-refractivity contribution in [1.29, 1.82) is 0 Å². The molecule has 0 unspecified atom stereocenters. The van der Waals surface area contributed by atoms with Crippen LogP contribution in [0.5, 0.6) is 5.75 Å². The van der Waals surface area contributed by atoms with Gasteiger partial charge in [0.2, 0.25) is 0 Å². The summed E-state index contributed by atoms with van der Waals surface area (Å²) in [5, 5.41) is 13.3. The van der Waals surface area contributed by atoms with Crippen LogP contribution in [0.25, 0.3) is 16.9 Å². The summed E-state index contributed by atoms with van der Waals surface area (Å²) in [6.07, 6.45) is 8.42. The molecule has 0 saturated heterocycles. The lowest BCUT2D eigenvalue weighted by atomic mass is 9.95. The SMILES string of the molecule is Oc1ccc(-c2nc3ccccn3c2NC2CCCCC2)cc1. The fourth-order valence-corrected chi connectivity index (χ4v) is 3.39. The molecule has 1 aromatic carbocycles. The van der Waals surface area contributed by atoms with Crippen LogP contribution in [0.4, 0.5) is 5.82 Å². The number of rotatable bonds is 3. The Hall–Kier alpha value is -2.49. The van der Waals surface area contributed by atoms with E-state index in [9.17, 15) is 5.11 Å². The van der Waals surface area contributed by atoms with Gasteiger partial charge in [0.15, 0.2) is 0 Å². The zero-order valence-corrected chi connectivity index (χ0v) is 13.1. The van der Waals surface area contributed by atoms with Crippen LogP contribution in [0, 0.1) is 0 Å². The Morgan fingerprint density at radius 1 is 1.00 bits per heavy atom. The number of fused-ring (bicyclic) bond motifs is 1. The molecule has 0 amide bonds. The van der Waals surface area contributed by atoms with Gasteiger partial charge in [-0.1, -0.05) is 25.3 Å². The second-order valence-corrected chi connectivity index (χ2v) is 6.26. The molecule has 0 spiro atoms. The van der Waals surface area contributed by atoms with Gasteiger partial charge in [-0.2, -0.15) is 0 Å². The third-order valence-corrected chi connectivity index (χ3v) is 4.62. The van der Waals surface area contributed by atoms with Crippen molar-refractivity contribution in [1.82, 2.24) is 9.38 Å². The fraction of sp³-hybridized carbons (Fsp3) is 0.316. The van der Waals surface area contributed by atoms with E-state index in [2.05, 4.69) is 15.9 Å². The van der Waals surface area contributed by atoms with Crippen molar-refractivity contribution in [2.24, 2.45) is 0 Å². The normalized spacial score (nSPS) is 15.8. The molecule has 4 heteroatoms. The van der Waals surface area contributed by atoms with E-state index in [4.69, 9.17) is 4.98 Å². The standard InChI is InChI=1S/C19H21N3O/c23-16-11-9-14(10-12-16)18-19(20-15-6-2-1-3-7-15)22-13-5-4-8-17(22)21-18/h4-5,8-13,15,20,23H,1-3,6-7H2. The van der Waals surface area contributed by atoms with E-state index in [0.717, 1.165) is 22.7 Å². The Labute approximate surface area is 135 Å². The number of nitrogens with zero attached hydrogens (tertiary/aromatic N) is 2. The fourth-order valence-electron chi connectivity index (χ4n) is 3.39. The van der Waals surface area contributed by atoms with Crippen molar-refractivity contribution < 1.29 is 5.11 Å². The predicted octanol–water partition coefficient (Wildman–Crippen LogP) is 4.45. The van der Waals surface area contributed by atoms with Crippen molar-refractivity contribution in [2.75, 3.05) is 5.32 Å². The molecule has 2 aromatic heterocycles. The first-order valence-electron chi connectivity index (χ1n) is 8.34. The second-order valence-electron chi connectivity index (χ2n) is 6.26. The highest BCUT2D eigenvalue weighted by Crippen LogP contribution is 2.32. The Morgan fingerprint density at radius 2 is 1.78 bits per heavy atom. The number of phenols is 1. The summed E-state index contributed by atoms with van der Waals surface area (Å²) < 4.78 is 2.12. The lowest BCUT2D eigenvalue weighted by Gasteiger charge is -2.24. The number of anilines is 1. The molecule has 0 bridgehead atoms. The molecule has 4 rings (SSSR count). The molecule has 0 atom stereocenters. The average Bonchev–Trinajstić information content (AvgIpc) is 2.95. The first kappa shape index (κ1) is 14.1.